The number of fused-ring (bicyclic) bond motifs is 2. The van der Waals surface area contributed by atoms with Gasteiger partial charge in [-0.2, -0.15) is 0 Å². The molecule has 0 fully saturated rings. The van der Waals surface area contributed by atoms with Gasteiger partial charge in [-0.3, -0.25) is 14.9 Å². The van der Waals surface area contributed by atoms with Crippen LogP contribution in [0.15, 0.2) is 60.0 Å². The third kappa shape index (κ3) is 4.08. The molecule has 0 spiro atoms. The molecule has 2 aliphatic rings. The lowest BCUT2D eigenvalue weighted by molar-refractivity contribution is -0.118. The number of carbonyl (C=O) groups excluding carboxylic acids is 2. The van der Waals surface area contributed by atoms with Crippen molar-refractivity contribution in [2.24, 2.45) is 0 Å². The summed E-state index contributed by atoms with van der Waals surface area (Å²) in [4.78, 5) is 28.7. The maximum atomic E-state index is 13.5. The molecular weight excluding hydrogens is 418 g/mol. The minimum Gasteiger partial charge on any atom is -0.324 e. The summed E-state index contributed by atoms with van der Waals surface area (Å²) in [5.74, 6) is -0.105. The summed E-state index contributed by atoms with van der Waals surface area (Å²) in [5.41, 5.74) is 5.51. The van der Waals surface area contributed by atoms with E-state index in [1.807, 2.05) is 37.3 Å². The van der Waals surface area contributed by atoms with Crippen LogP contribution in [-0.4, -0.2) is 24.4 Å². The largest absolute Gasteiger partial charge is 0.324 e. The number of hydrogen-bond acceptors (Lipinski definition) is 4. The summed E-state index contributed by atoms with van der Waals surface area (Å²) < 4.78 is 0. The lowest BCUT2D eigenvalue weighted by atomic mass is 10.00. The standard InChI is InChI=1S/C26H27N3O2S/c1-17-14-24(30)28-21-8-2-3-9-22(21)29(17)25(31)16-27-26(23-10-5-13-32-23)20-12-11-18-6-4-7-19(18)15-20/h2-3,5,8-13,15,17,26-27H,4,6-7,14,16H2,1H3,(H,28,30)/t17-,26-/m0/s1. The summed E-state index contributed by atoms with van der Waals surface area (Å²) >= 11 is 1.70. The summed E-state index contributed by atoms with van der Waals surface area (Å²) in [6.07, 6.45) is 3.78. The van der Waals surface area contributed by atoms with E-state index in [1.165, 1.54) is 28.0 Å². The minimum absolute atomic E-state index is 0.0378. The molecule has 5 nitrogen and oxygen atoms in total. The normalized spacial score (nSPS) is 18.5. The van der Waals surface area contributed by atoms with E-state index in [1.54, 1.807) is 16.2 Å². The maximum absolute atomic E-state index is 13.5. The predicted octanol–water partition coefficient (Wildman–Crippen LogP) is 4.68. The van der Waals surface area contributed by atoms with E-state index in [2.05, 4.69) is 40.3 Å². The van der Waals surface area contributed by atoms with Crippen LogP contribution >= 0.6 is 11.3 Å². The molecule has 0 saturated heterocycles. The van der Waals surface area contributed by atoms with Crippen LogP contribution < -0.4 is 15.5 Å². The van der Waals surface area contributed by atoms with Crippen molar-refractivity contribution < 1.29 is 9.59 Å². The third-order valence-corrected chi connectivity index (χ3v) is 7.31. The van der Waals surface area contributed by atoms with Gasteiger partial charge in [-0.1, -0.05) is 36.4 Å². The van der Waals surface area contributed by atoms with Crippen molar-refractivity contribution in [3.8, 4) is 0 Å². The fraction of sp³-hybridized carbons (Fsp3) is 0.308. The Kier molecular flexibility index (Phi) is 5.81. The van der Waals surface area contributed by atoms with E-state index < -0.39 is 0 Å². The van der Waals surface area contributed by atoms with Gasteiger partial charge in [0.2, 0.25) is 11.8 Å². The average molecular weight is 446 g/mol. The van der Waals surface area contributed by atoms with Crippen molar-refractivity contribution in [1.29, 1.82) is 0 Å². The first-order valence-corrected chi connectivity index (χ1v) is 12.1. The molecule has 2 amide bonds. The molecule has 2 aromatic carbocycles. The van der Waals surface area contributed by atoms with Crippen LogP contribution in [0.3, 0.4) is 0 Å². The van der Waals surface area contributed by atoms with E-state index in [0.29, 0.717) is 5.69 Å². The van der Waals surface area contributed by atoms with Crippen LogP contribution in [-0.2, 0) is 22.4 Å². The highest BCUT2D eigenvalue weighted by molar-refractivity contribution is 7.10. The number of nitrogens with one attached hydrogen (secondary N) is 2. The molecule has 1 aromatic heterocycles. The van der Waals surface area contributed by atoms with Crippen molar-refractivity contribution in [2.45, 2.75) is 44.7 Å². The Bertz CT molecular complexity index is 1140. The van der Waals surface area contributed by atoms with Gasteiger partial charge >= 0.3 is 0 Å². The lowest BCUT2D eigenvalue weighted by Crippen LogP contribution is -2.44. The zero-order chi connectivity index (χ0) is 22.1. The highest BCUT2D eigenvalue weighted by Crippen LogP contribution is 2.33. The summed E-state index contributed by atoms with van der Waals surface area (Å²) in [6.45, 7) is 2.11. The molecule has 2 heterocycles. The van der Waals surface area contributed by atoms with Gasteiger partial charge in [0.1, 0.15) is 0 Å². The summed E-state index contributed by atoms with van der Waals surface area (Å²) in [5, 5.41) is 8.52. The Morgan fingerprint density at radius 1 is 1.16 bits per heavy atom. The van der Waals surface area contributed by atoms with Gasteiger partial charge in [0.05, 0.1) is 24.0 Å². The number of amides is 2. The number of rotatable bonds is 5. The molecule has 32 heavy (non-hydrogen) atoms. The van der Waals surface area contributed by atoms with Gasteiger partial charge in [0.25, 0.3) is 0 Å². The van der Waals surface area contributed by atoms with Crippen LogP contribution in [0.1, 0.15) is 47.4 Å². The lowest BCUT2D eigenvalue weighted by Gasteiger charge is -2.29. The average Bonchev–Trinajstić information content (AvgIpc) is 3.45. The number of nitrogens with zero attached hydrogens (tertiary/aromatic N) is 1. The minimum atomic E-state index is -0.215. The molecule has 2 N–H and O–H groups in total. The van der Waals surface area contributed by atoms with E-state index in [9.17, 15) is 9.59 Å². The number of hydrogen-bond donors (Lipinski definition) is 2. The van der Waals surface area contributed by atoms with Crippen LogP contribution in [0, 0.1) is 0 Å². The van der Waals surface area contributed by atoms with Gasteiger partial charge in [0.15, 0.2) is 0 Å². The second kappa shape index (κ2) is 8.88. The number of para-hydroxylation sites is 2. The fourth-order valence-corrected chi connectivity index (χ4v) is 5.68. The van der Waals surface area contributed by atoms with Crippen LogP contribution in [0.2, 0.25) is 0 Å². The van der Waals surface area contributed by atoms with Gasteiger partial charge < -0.3 is 10.2 Å². The van der Waals surface area contributed by atoms with Gasteiger partial charge in [0, 0.05) is 17.3 Å². The highest BCUT2D eigenvalue weighted by atomic mass is 32.1. The Morgan fingerprint density at radius 2 is 2.00 bits per heavy atom. The number of benzene rings is 2. The zero-order valence-corrected chi connectivity index (χ0v) is 19.0. The van der Waals surface area contributed by atoms with Crippen LogP contribution in [0.5, 0.6) is 0 Å². The van der Waals surface area contributed by atoms with Gasteiger partial charge in [-0.05, 0) is 66.5 Å². The van der Waals surface area contributed by atoms with Gasteiger partial charge in [-0.25, -0.2) is 0 Å². The van der Waals surface area contributed by atoms with Crippen molar-refractivity contribution >= 4 is 34.5 Å². The Labute approximate surface area is 192 Å². The van der Waals surface area contributed by atoms with Crippen LogP contribution in [0.4, 0.5) is 11.4 Å². The van der Waals surface area contributed by atoms with Crippen molar-refractivity contribution in [3.05, 3.63) is 81.5 Å². The monoisotopic (exact) mass is 445 g/mol. The number of carbonyl (C=O) groups is 2. The van der Waals surface area contributed by atoms with E-state index in [0.717, 1.165) is 18.5 Å². The number of aryl methyl sites for hydroxylation is 2. The molecule has 0 unspecified atom stereocenters. The van der Waals surface area contributed by atoms with Crippen LogP contribution in [0.25, 0.3) is 0 Å². The van der Waals surface area contributed by atoms with Gasteiger partial charge in [-0.15, -0.1) is 11.3 Å². The SMILES string of the molecule is C[C@H]1CC(=O)Nc2ccccc2N1C(=O)CN[C@@H](c1ccc2c(c1)CCC2)c1cccs1. The molecule has 2 atom stereocenters. The molecule has 0 bridgehead atoms. The van der Waals surface area contributed by atoms with Crippen molar-refractivity contribution in [1.82, 2.24) is 5.32 Å². The predicted molar refractivity (Wildman–Crippen MR) is 129 cm³/mol. The molecule has 5 rings (SSSR count). The number of thiophene rings is 1. The molecule has 6 heteroatoms. The third-order valence-electron chi connectivity index (χ3n) is 6.37. The quantitative estimate of drug-likeness (QED) is 0.599. The first kappa shape index (κ1) is 20.9. The first-order chi connectivity index (χ1) is 15.6. The molecule has 1 aliphatic carbocycles. The number of anilines is 2. The molecular formula is C26H27N3O2S. The highest BCUT2D eigenvalue weighted by Gasteiger charge is 2.30. The second-order valence-corrected chi connectivity index (χ2v) is 9.57. The van der Waals surface area contributed by atoms with E-state index in [-0.39, 0.29) is 36.9 Å². The Morgan fingerprint density at radius 3 is 2.84 bits per heavy atom. The summed E-state index contributed by atoms with van der Waals surface area (Å²) in [7, 11) is 0. The Balaban J connectivity index is 1.40. The molecule has 1 aliphatic heterocycles. The van der Waals surface area contributed by atoms with Crippen molar-refractivity contribution in [2.75, 3.05) is 16.8 Å². The summed E-state index contributed by atoms with van der Waals surface area (Å²) in [6, 6.07) is 18.2. The second-order valence-electron chi connectivity index (χ2n) is 8.59. The van der Waals surface area contributed by atoms with Crippen molar-refractivity contribution in [3.63, 3.8) is 0 Å². The Hall–Kier alpha value is -2.96. The maximum Gasteiger partial charge on any atom is 0.241 e. The van der Waals surface area contributed by atoms with E-state index in [4.69, 9.17) is 0 Å². The molecule has 164 valence electrons. The molecule has 0 radical (unpaired) electrons. The first-order valence-electron chi connectivity index (χ1n) is 11.2. The molecule has 0 saturated carbocycles. The fourth-order valence-electron chi connectivity index (χ4n) is 4.85. The topological polar surface area (TPSA) is 61.4 Å². The van der Waals surface area contributed by atoms with E-state index >= 15 is 0 Å². The smallest absolute Gasteiger partial charge is 0.241 e. The molecule has 3 aromatic rings. The zero-order valence-electron chi connectivity index (χ0n) is 18.1.